The van der Waals surface area contributed by atoms with Gasteiger partial charge < -0.3 is 5.32 Å². The van der Waals surface area contributed by atoms with Crippen molar-refractivity contribution in [3.63, 3.8) is 0 Å². The first kappa shape index (κ1) is 15.5. The quantitative estimate of drug-likeness (QED) is 0.877. The summed E-state index contributed by atoms with van der Waals surface area (Å²) in [5.41, 5.74) is 3.72. The third-order valence-electron chi connectivity index (χ3n) is 3.76. The zero-order valence-corrected chi connectivity index (χ0v) is 13.2. The third-order valence-corrected chi connectivity index (χ3v) is 4.00. The van der Waals surface area contributed by atoms with Gasteiger partial charge in [-0.15, -0.1) is 11.6 Å². The van der Waals surface area contributed by atoms with Crippen molar-refractivity contribution in [3.8, 4) is 0 Å². The molecule has 118 valence electrons. The Hall–Kier alpha value is -2.40. The largest absolute Gasteiger partial charge is 0.351 e. The Labute approximate surface area is 139 Å². The van der Waals surface area contributed by atoms with Gasteiger partial charge in [-0.2, -0.15) is 0 Å². The van der Waals surface area contributed by atoms with Gasteiger partial charge in [-0.25, -0.2) is 0 Å². The highest BCUT2D eigenvalue weighted by Gasteiger charge is 2.25. The topological polar surface area (TPSA) is 62.3 Å². The van der Waals surface area contributed by atoms with Crippen LogP contribution in [0.15, 0.2) is 42.7 Å². The molecule has 0 radical (unpaired) electrons. The highest BCUT2D eigenvalue weighted by molar-refractivity contribution is 6.27. The number of benzene rings is 1. The smallest absolute Gasteiger partial charge is 0.235 e. The Balaban J connectivity index is 1.88. The second-order valence-electron chi connectivity index (χ2n) is 5.31. The number of carbonyl (C=O) groups is 2. The third kappa shape index (κ3) is 3.35. The van der Waals surface area contributed by atoms with Crippen molar-refractivity contribution in [2.45, 2.75) is 19.4 Å². The van der Waals surface area contributed by atoms with Crippen LogP contribution in [-0.2, 0) is 22.6 Å². The number of alkyl halides is 1. The number of anilines is 2. The summed E-state index contributed by atoms with van der Waals surface area (Å²) in [4.78, 5) is 29.4. The maximum Gasteiger partial charge on any atom is 0.235 e. The summed E-state index contributed by atoms with van der Waals surface area (Å²) in [5, 5.41) is 2.75. The molecule has 0 fully saturated rings. The molecule has 0 saturated carbocycles. The lowest BCUT2D eigenvalue weighted by Crippen LogP contribution is -2.31. The molecule has 0 atom stereocenters. The van der Waals surface area contributed by atoms with Gasteiger partial charge in [0, 0.05) is 19.2 Å². The molecule has 0 aliphatic carbocycles. The first-order chi connectivity index (χ1) is 11.2. The van der Waals surface area contributed by atoms with Gasteiger partial charge in [-0.1, -0.05) is 12.1 Å². The predicted octanol–water partition coefficient (Wildman–Crippen LogP) is 2.55. The maximum atomic E-state index is 12.3. The molecular formula is C17H16ClN3O2. The van der Waals surface area contributed by atoms with E-state index in [2.05, 4.69) is 10.3 Å². The molecule has 0 unspecified atom stereocenters. The number of aromatic nitrogens is 1. The van der Waals surface area contributed by atoms with Gasteiger partial charge in [0.15, 0.2) is 0 Å². The van der Waals surface area contributed by atoms with Crippen LogP contribution < -0.4 is 10.2 Å². The summed E-state index contributed by atoms with van der Waals surface area (Å²) < 4.78 is 0. The molecule has 1 aliphatic heterocycles. The number of carbonyl (C=O) groups excluding carboxylic acids is 2. The number of amides is 2. The number of halogens is 1. The Kier molecular flexibility index (Phi) is 4.57. The number of nitrogens with one attached hydrogen (secondary N) is 1. The van der Waals surface area contributed by atoms with Crippen molar-refractivity contribution < 1.29 is 9.59 Å². The maximum absolute atomic E-state index is 12.3. The average molecular weight is 330 g/mol. The van der Waals surface area contributed by atoms with Gasteiger partial charge in [-0.05, 0) is 35.7 Å². The minimum absolute atomic E-state index is 0.0474. The van der Waals surface area contributed by atoms with Gasteiger partial charge in [0.05, 0.1) is 17.6 Å². The van der Waals surface area contributed by atoms with Crippen LogP contribution in [0.5, 0.6) is 0 Å². The van der Waals surface area contributed by atoms with Crippen LogP contribution in [-0.4, -0.2) is 22.7 Å². The molecular weight excluding hydrogens is 314 g/mol. The molecule has 23 heavy (non-hydrogen) atoms. The highest BCUT2D eigenvalue weighted by atomic mass is 35.5. The van der Waals surface area contributed by atoms with E-state index < -0.39 is 0 Å². The van der Waals surface area contributed by atoms with E-state index in [4.69, 9.17) is 11.6 Å². The molecule has 2 aromatic rings. The Bertz CT molecular complexity index is 734. The number of aryl methyl sites for hydroxylation is 1. The van der Waals surface area contributed by atoms with Gasteiger partial charge in [-0.3, -0.25) is 19.5 Å². The monoisotopic (exact) mass is 329 g/mol. The minimum atomic E-state index is -0.198. The summed E-state index contributed by atoms with van der Waals surface area (Å²) in [6.07, 6.45) is 4.52. The molecule has 3 rings (SSSR count). The number of nitrogens with zero attached hydrogens (tertiary/aromatic N) is 2. The molecule has 2 heterocycles. The van der Waals surface area contributed by atoms with Crippen LogP contribution in [0.25, 0.3) is 0 Å². The first-order valence-electron chi connectivity index (χ1n) is 7.36. The lowest BCUT2D eigenvalue weighted by atomic mass is 9.98. The van der Waals surface area contributed by atoms with Crippen molar-refractivity contribution >= 4 is 34.8 Å². The number of rotatable bonds is 4. The molecule has 5 nitrogen and oxygen atoms in total. The molecule has 0 spiro atoms. The SMILES string of the molecule is O=C(CCl)NCc1ccc2c(c1)CCC(=O)N2c1cccnc1. The van der Waals surface area contributed by atoms with Gasteiger partial charge in [0.2, 0.25) is 11.8 Å². The molecule has 0 bridgehead atoms. The van der Waals surface area contributed by atoms with E-state index in [0.717, 1.165) is 22.5 Å². The van der Waals surface area contributed by atoms with Crippen LogP contribution >= 0.6 is 11.6 Å². The minimum Gasteiger partial charge on any atom is -0.351 e. The molecule has 1 aromatic carbocycles. The first-order valence-corrected chi connectivity index (χ1v) is 7.90. The second kappa shape index (κ2) is 6.79. The highest BCUT2D eigenvalue weighted by Crippen LogP contribution is 2.34. The molecule has 1 aromatic heterocycles. The summed E-state index contributed by atoms with van der Waals surface area (Å²) in [5.74, 6) is -0.181. The fourth-order valence-corrected chi connectivity index (χ4v) is 2.77. The lowest BCUT2D eigenvalue weighted by molar-refractivity contribution is -0.119. The zero-order valence-electron chi connectivity index (χ0n) is 12.5. The standard InChI is InChI=1S/C17H16ClN3O2/c18-9-16(22)20-10-12-3-5-15-13(8-12)4-6-17(23)21(15)14-2-1-7-19-11-14/h1-3,5,7-8,11H,4,6,9-10H2,(H,20,22). The van der Waals surface area contributed by atoms with Crippen LogP contribution in [0.2, 0.25) is 0 Å². The van der Waals surface area contributed by atoms with Crippen molar-refractivity contribution in [3.05, 3.63) is 53.9 Å². The van der Waals surface area contributed by atoms with Crippen molar-refractivity contribution in [2.75, 3.05) is 10.8 Å². The Morgan fingerprint density at radius 2 is 2.17 bits per heavy atom. The van der Waals surface area contributed by atoms with Crippen molar-refractivity contribution in [1.29, 1.82) is 0 Å². The van der Waals surface area contributed by atoms with Crippen molar-refractivity contribution in [1.82, 2.24) is 10.3 Å². The van der Waals surface area contributed by atoms with Gasteiger partial charge in [0.25, 0.3) is 0 Å². The van der Waals surface area contributed by atoms with E-state index in [-0.39, 0.29) is 17.7 Å². The van der Waals surface area contributed by atoms with Crippen LogP contribution in [0.3, 0.4) is 0 Å². The summed E-state index contributed by atoms with van der Waals surface area (Å²) in [6.45, 7) is 0.430. The van der Waals surface area contributed by atoms with Crippen LogP contribution in [0.4, 0.5) is 11.4 Å². The summed E-state index contributed by atoms with van der Waals surface area (Å²) in [6, 6.07) is 9.54. The summed E-state index contributed by atoms with van der Waals surface area (Å²) >= 11 is 5.47. The van der Waals surface area contributed by atoms with Crippen LogP contribution in [0.1, 0.15) is 17.5 Å². The fourth-order valence-electron chi connectivity index (χ4n) is 2.67. The van der Waals surface area contributed by atoms with E-state index >= 15 is 0 Å². The zero-order chi connectivity index (χ0) is 16.2. The number of hydrogen-bond acceptors (Lipinski definition) is 3. The molecule has 1 N–H and O–H groups in total. The normalized spacial score (nSPS) is 13.6. The molecule has 0 saturated heterocycles. The molecule has 2 amide bonds. The Morgan fingerprint density at radius 3 is 2.91 bits per heavy atom. The fraction of sp³-hybridized carbons (Fsp3) is 0.235. The molecule has 1 aliphatic rings. The van der Waals surface area contributed by atoms with E-state index in [1.54, 1.807) is 17.3 Å². The molecule has 6 heteroatoms. The second-order valence-corrected chi connectivity index (χ2v) is 5.58. The van der Waals surface area contributed by atoms with Crippen molar-refractivity contribution in [2.24, 2.45) is 0 Å². The van der Waals surface area contributed by atoms with Gasteiger partial charge in [0.1, 0.15) is 5.88 Å². The predicted molar refractivity (Wildman–Crippen MR) is 88.7 cm³/mol. The van der Waals surface area contributed by atoms with Crippen LogP contribution in [0, 0.1) is 0 Å². The summed E-state index contributed by atoms with van der Waals surface area (Å²) in [7, 11) is 0. The average Bonchev–Trinajstić information content (AvgIpc) is 2.60. The number of pyridine rings is 1. The lowest BCUT2D eigenvalue weighted by Gasteiger charge is -2.29. The number of fused-ring (bicyclic) bond motifs is 1. The van der Waals surface area contributed by atoms with E-state index in [0.29, 0.717) is 19.4 Å². The van der Waals surface area contributed by atoms with E-state index in [1.807, 2.05) is 30.3 Å². The number of hydrogen-bond donors (Lipinski definition) is 1. The van der Waals surface area contributed by atoms with Gasteiger partial charge >= 0.3 is 0 Å². The van der Waals surface area contributed by atoms with E-state index in [9.17, 15) is 9.59 Å². The van der Waals surface area contributed by atoms with E-state index in [1.165, 1.54) is 0 Å². The Morgan fingerprint density at radius 1 is 1.30 bits per heavy atom.